The highest BCUT2D eigenvalue weighted by molar-refractivity contribution is 5.30. The van der Waals surface area contributed by atoms with E-state index in [1.807, 2.05) is 0 Å². The third kappa shape index (κ3) is 2.08. The van der Waals surface area contributed by atoms with Crippen LogP contribution in [0.4, 0.5) is 5.82 Å². The maximum absolute atomic E-state index is 11.3. The second kappa shape index (κ2) is 3.88. The van der Waals surface area contributed by atoms with Crippen molar-refractivity contribution < 1.29 is 0 Å². The lowest BCUT2D eigenvalue weighted by Gasteiger charge is -2.16. The molecule has 0 radical (unpaired) electrons. The smallest absolute Gasteiger partial charge is 0.342 e. The minimum atomic E-state index is -0.579. The normalized spacial score (nSPS) is 25.4. The van der Waals surface area contributed by atoms with Crippen molar-refractivity contribution in [3.63, 3.8) is 0 Å². The van der Waals surface area contributed by atoms with E-state index in [4.69, 9.17) is 0 Å². The zero-order chi connectivity index (χ0) is 10.8. The molecule has 3 N–H and O–H groups in total. The van der Waals surface area contributed by atoms with Crippen LogP contribution in [0.2, 0.25) is 0 Å². The molecule has 1 saturated carbocycles. The van der Waals surface area contributed by atoms with Gasteiger partial charge in [0, 0.05) is 6.04 Å². The Hall–Kier alpha value is -1.59. The van der Waals surface area contributed by atoms with Crippen LogP contribution < -0.4 is 16.6 Å². The standard InChI is InChI=1S/C9H14N4O2/c1-5-3-2-4-6(5)10-7-8(14)11-9(15)13-12-7/h5-6H,2-4H2,1H3,(H,10,12)(H2,11,13,14,15). The van der Waals surface area contributed by atoms with Crippen LogP contribution in [0.3, 0.4) is 0 Å². The SMILES string of the molecule is CC1CCCC1Nc1n[nH]c(=O)[nH]c1=O. The molecule has 0 amide bonds. The van der Waals surface area contributed by atoms with Gasteiger partial charge < -0.3 is 5.32 Å². The average Bonchev–Trinajstić information content (AvgIpc) is 2.57. The van der Waals surface area contributed by atoms with Gasteiger partial charge in [-0.25, -0.2) is 9.89 Å². The fourth-order valence-electron chi connectivity index (χ4n) is 1.98. The number of H-pyrrole nitrogens is 2. The van der Waals surface area contributed by atoms with Crippen molar-refractivity contribution >= 4 is 5.82 Å². The van der Waals surface area contributed by atoms with E-state index in [0.717, 1.165) is 6.42 Å². The summed E-state index contributed by atoms with van der Waals surface area (Å²) in [6.45, 7) is 2.14. The molecule has 2 atom stereocenters. The number of nitrogens with one attached hydrogen (secondary N) is 3. The molecule has 1 aliphatic rings. The van der Waals surface area contributed by atoms with Crippen LogP contribution in [-0.2, 0) is 0 Å². The van der Waals surface area contributed by atoms with Gasteiger partial charge in [0.15, 0.2) is 0 Å². The van der Waals surface area contributed by atoms with Crippen molar-refractivity contribution in [3.8, 4) is 0 Å². The molecule has 0 aliphatic heterocycles. The van der Waals surface area contributed by atoms with Crippen LogP contribution in [0.1, 0.15) is 26.2 Å². The number of hydrogen-bond donors (Lipinski definition) is 3. The molecule has 1 aromatic heterocycles. The molecule has 1 aliphatic carbocycles. The van der Waals surface area contributed by atoms with Crippen LogP contribution >= 0.6 is 0 Å². The molecule has 1 fully saturated rings. The van der Waals surface area contributed by atoms with Crippen LogP contribution in [0.25, 0.3) is 0 Å². The Bertz CT molecular complexity index is 450. The van der Waals surface area contributed by atoms with Crippen LogP contribution in [-0.4, -0.2) is 21.2 Å². The van der Waals surface area contributed by atoms with Crippen molar-refractivity contribution in [2.75, 3.05) is 5.32 Å². The Morgan fingerprint density at radius 3 is 2.80 bits per heavy atom. The summed E-state index contributed by atoms with van der Waals surface area (Å²) in [5.41, 5.74) is -1.04. The van der Waals surface area contributed by atoms with Crippen molar-refractivity contribution in [2.24, 2.45) is 5.92 Å². The van der Waals surface area contributed by atoms with E-state index in [2.05, 4.69) is 27.4 Å². The van der Waals surface area contributed by atoms with Gasteiger partial charge in [-0.1, -0.05) is 13.3 Å². The molecule has 0 spiro atoms. The lowest BCUT2D eigenvalue weighted by molar-refractivity contribution is 0.553. The fourth-order valence-corrected chi connectivity index (χ4v) is 1.98. The van der Waals surface area contributed by atoms with Gasteiger partial charge in [0.2, 0.25) is 5.82 Å². The summed E-state index contributed by atoms with van der Waals surface area (Å²) < 4.78 is 0. The number of aromatic nitrogens is 3. The number of aromatic amines is 2. The third-order valence-electron chi connectivity index (χ3n) is 2.89. The number of nitrogens with zero attached hydrogens (tertiary/aromatic N) is 1. The summed E-state index contributed by atoms with van der Waals surface area (Å²) in [5.74, 6) is 0.742. The van der Waals surface area contributed by atoms with Crippen molar-refractivity contribution in [1.82, 2.24) is 15.2 Å². The summed E-state index contributed by atoms with van der Waals surface area (Å²) in [7, 11) is 0. The highest BCUT2D eigenvalue weighted by Crippen LogP contribution is 2.26. The molecule has 15 heavy (non-hydrogen) atoms. The van der Waals surface area contributed by atoms with Gasteiger partial charge in [-0.15, -0.1) is 5.10 Å². The first-order valence-electron chi connectivity index (χ1n) is 5.12. The predicted octanol–water partition coefficient (Wildman–Crippen LogP) is 0.0587. The van der Waals surface area contributed by atoms with Crippen LogP contribution in [0.15, 0.2) is 9.59 Å². The van der Waals surface area contributed by atoms with Crippen molar-refractivity contribution in [3.05, 3.63) is 20.8 Å². The van der Waals surface area contributed by atoms with E-state index in [0.29, 0.717) is 5.92 Å². The zero-order valence-electron chi connectivity index (χ0n) is 8.54. The van der Waals surface area contributed by atoms with Crippen molar-refractivity contribution in [1.29, 1.82) is 0 Å². The molecule has 0 aromatic carbocycles. The third-order valence-corrected chi connectivity index (χ3v) is 2.89. The van der Waals surface area contributed by atoms with E-state index >= 15 is 0 Å². The second-order valence-electron chi connectivity index (χ2n) is 4.01. The molecule has 82 valence electrons. The Labute approximate surface area is 86.1 Å². The number of hydrogen-bond acceptors (Lipinski definition) is 4. The van der Waals surface area contributed by atoms with Gasteiger partial charge in [-0.3, -0.25) is 9.78 Å². The molecular weight excluding hydrogens is 196 g/mol. The van der Waals surface area contributed by atoms with Gasteiger partial charge in [0.1, 0.15) is 0 Å². The molecule has 2 unspecified atom stereocenters. The number of anilines is 1. The minimum absolute atomic E-state index is 0.202. The minimum Gasteiger partial charge on any atom is -0.361 e. The van der Waals surface area contributed by atoms with Crippen LogP contribution in [0, 0.1) is 5.92 Å². The molecule has 0 saturated heterocycles. The first kappa shape index (κ1) is 9.95. The average molecular weight is 210 g/mol. The Morgan fingerprint density at radius 2 is 2.20 bits per heavy atom. The van der Waals surface area contributed by atoms with Gasteiger partial charge >= 0.3 is 5.69 Å². The highest BCUT2D eigenvalue weighted by atomic mass is 16.2. The topological polar surface area (TPSA) is 90.6 Å². The predicted molar refractivity (Wildman–Crippen MR) is 55.9 cm³/mol. The van der Waals surface area contributed by atoms with Gasteiger partial charge in [0.25, 0.3) is 5.56 Å². The highest BCUT2D eigenvalue weighted by Gasteiger charge is 2.24. The van der Waals surface area contributed by atoms with Crippen LogP contribution in [0.5, 0.6) is 0 Å². The maximum atomic E-state index is 11.3. The summed E-state index contributed by atoms with van der Waals surface area (Å²) >= 11 is 0. The quantitative estimate of drug-likeness (QED) is 0.643. The van der Waals surface area contributed by atoms with Gasteiger partial charge in [0.05, 0.1) is 0 Å². The summed E-state index contributed by atoms with van der Waals surface area (Å²) in [5, 5.41) is 8.95. The lowest BCUT2D eigenvalue weighted by atomic mass is 10.1. The monoisotopic (exact) mass is 210 g/mol. The zero-order valence-corrected chi connectivity index (χ0v) is 8.54. The molecule has 2 rings (SSSR count). The molecular formula is C9H14N4O2. The van der Waals surface area contributed by atoms with E-state index < -0.39 is 11.2 Å². The van der Waals surface area contributed by atoms with Gasteiger partial charge in [-0.05, 0) is 18.8 Å². The first-order valence-corrected chi connectivity index (χ1v) is 5.12. The van der Waals surface area contributed by atoms with E-state index in [1.165, 1.54) is 12.8 Å². The van der Waals surface area contributed by atoms with E-state index in [9.17, 15) is 9.59 Å². The van der Waals surface area contributed by atoms with E-state index in [1.54, 1.807) is 0 Å². The molecule has 6 heteroatoms. The fraction of sp³-hybridized carbons (Fsp3) is 0.667. The first-order chi connectivity index (χ1) is 7.16. The second-order valence-corrected chi connectivity index (χ2v) is 4.01. The summed E-state index contributed by atoms with van der Waals surface area (Å²) in [6.07, 6.45) is 3.38. The Kier molecular flexibility index (Phi) is 2.57. The Morgan fingerprint density at radius 1 is 1.40 bits per heavy atom. The number of rotatable bonds is 2. The molecule has 1 heterocycles. The van der Waals surface area contributed by atoms with Crippen molar-refractivity contribution in [2.45, 2.75) is 32.2 Å². The molecule has 1 aromatic rings. The molecule has 0 bridgehead atoms. The maximum Gasteiger partial charge on any atom is 0.342 e. The largest absolute Gasteiger partial charge is 0.361 e. The summed E-state index contributed by atoms with van der Waals surface area (Å²) in [6, 6.07) is 0.282. The Balaban J connectivity index is 2.17. The van der Waals surface area contributed by atoms with E-state index in [-0.39, 0.29) is 11.9 Å². The lowest BCUT2D eigenvalue weighted by Crippen LogP contribution is -2.31. The molecule has 6 nitrogen and oxygen atoms in total. The summed E-state index contributed by atoms with van der Waals surface area (Å²) in [4.78, 5) is 24.2. The van der Waals surface area contributed by atoms with Gasteiger partial charge in [-0.2, -0.15) is 0 Å².